The highest BCUT2D eigenvalue weighted by molar-refractivity contribution is 7.99. The molecule has 1 rings (SSSR count). The first-order valence-electron chi connectivity index (χ1n) is 6.47. The molecule has 98 valence electrons. The maximum atomic E-state index is 11.6. The van der Waals surface area contributed by atoms with Crippen LogP contribution in [0.4, 0.5) is 0 Å². The van der Waals surface area contributed by atoms with E-state index in [1.165, 1.54) is 25.0 Å². The van der Waals surface area contributed by atoms with Crippen LogP contribution >= 0.6 is 11.8 Å². The maximum absolute atomic E-state index is 11.6. The first kappa shape index (κ1) is 14.6. The van der Waals surface area contributed by atoms with Crippen LogP contribution in [0.3, 0.4) is 0 Å². The van der Waals surface area contributed by atoms with Gasteiger partial charge >= 0.3 is 0 Å². The molecule has 1 saturated heterocycles. The lowest BCUT2D eigenvalue weighted by Crippen LogP contribution is -2.39. The SMILES string of the molecule is C=CCNC(=O)CN1CCCCC(SCC)C1. The van der Waals surface area contributed by atoms with E-state index in [1.807, 2.05) is 11.8 Å². The number of nitrogens with zero attached hydrogens (tertiary/aromatic N) is 1. The lowest BCUT2D eigenvalue weighted by atomic mass is 10.2. The molecule has 0 aromatic heterocycles. The molecule has 1 atom stereocenters. The average molecular weight is 256 g/mol. The van der Waals surface area contributed by atoms with Gasteiger partial charge in [-0.05, 0) is 25.1 Å². The number of amides is 1. The van der Waals surface area contributed by atoms with Crippen LogP contribution in [0.1, 0.15) is 26.2 Å². The van der Waals surface area contributed by atoms with Crippen molar-refractivity contribution in [2.45, 2.75) is 31.4 Å². The third-order valence-electron chi connectivity index (χ3n) is 2.93. The van der Waals surface area contributed by atoms with Crippen molar-refractivity contribution in [1.82, 2.24) is 10.2 Å². The first-order valence-corrected chi connectivity index (χ1v) is 7.52. The second kappa shape index (κ2) is 8.59. The molecule has 0 radical (unpaired) electrons. The van der Waals surface area contributed by atoms with Crippen LogP contribution < -0.4 is 5.32 Å². The highest BCUT2D eigenvalue weighted by Gasteiger charge is 2.19. The van der Waals surface area contributed by atoms with E-state index in [-0.39, 0.29) is 5.91 Å². The van der Waals surface area contributed by atoms with Crippen molar-refractivity contribution >= 4 is 17.7 Å². The summed E-state index contributed by atoms with van der Waals surface area (Å²) in [6.07, 6.45) is 5.53. The minimum atomic E-state index is 0.118. The minimum Gasteiger partial charge on any atom is -0.352 e. The molecule has 17 heavy (non-hydrogen) atoms. The van der Waals surface area contributed by atoms with E-state index < -0.39 is 0 Å². The zero-order valence-corrected chi connectivity index (χ0v) is 11.6. The van der Waals surface area contributed by atoms with E-state index in [4.69, 9.17) is 0 Å². The number of hydrogen-bond acceptors (Lipinski definition) is 3. The Morgan fingerprint density at radius 1 is 1.59 bits per heavy atom. The van der Waals surface area contributed by atoms with Crippen LogP contribution in [0.25, 0.3) is 0 Å². The molecule has 0 bridgehead atoms. The van der Waals surface area contributed by atoms with Crippen molar-refractivity contribution in [1.29, 1.82) is 0 Å². The fourth-order valence-electron chi connectivity index (χ4n) is 2.14. The summed E-state index contributed by atoms with van der Waals surface area (Å²) in [5.41, 5.74) is 0. The molecule has 1 heterocycles. The third-order valence-corrected chi connectivity index (χ3v) is 4.11. The van der Waals surface area contributed by atoms with Gasteiger partial charge in [-0.3, -0.25) is 9.69 Å². The predicted octanol–water partition coefficient (Wildman–Crippen LogP) is 1.90. The lowest BCUT2D eigenvalue weighted by molar-refractivity contribution is -0.122. The molecule has 1 amide bonds. The van der Waals surface area contributed by atoms with Gasteiger partial charge in [-0.2, -0.15) is 11.8 Å². The first-order chi connectivity index (χ1) is 8.26. The van der Waals surface area contributed by atoms with Crippen LogP contribution in [0.2, 0.25) is 0 Å². The molecule has 0 saturated carbocycles. The fraction of sp³-hybridized carbons (Fsp3) is 0.769. The van der Waals surface area contributed by atoms with Crippen LogP contribution in [0.15, 0.2) is 12.7 Å². The monoisotopic (exact) mass is 256 g/mol. The zero-order valence-electron chi connectivity index (χ0n) is 10.8. The number of thioether (sulfide) groups is 1. The van der Waals surface area contributed by atoms with E-state index in [0.29, 0.717) is 18.3 Å². The Morgan fingerprint density at radius 3 is 3.12 bits per heavy atom. The second-order valence-electron chi connectivity index (χ2n) is 4.40. The van der Waals surface area contributed by atoms with Crippen LogP contribution in [0.5, 0.6) is 0 Å². The molecule has 1 aliphatic rings. The van der Waals surface area contributed by atoms with Crippen molar-refractivity contribution < 1.29 is 4.79 Å². The Hall–Kier alpha value is -0.480. The quantitative estimate of drug-likeness (QED) is 0.737. The third kappa shape index (κ3) is 6.13. The van der Waals surface area contributed by atoms with Crippen molar-refractivity contribution in [3.63, 3.8) is 0 Å². The van der Waals surface area contributed by atoms with E-state index >= 15 is 0 Å². The molecule has 0 spiro atoms. The summed E-state index contributed by atoms with van der Waals surface area (Å²) >= 11 is 2.02. The van der Waals surface area contributed by atoms with Gasteiger partial charge in [0.25, 0.3) is 0 Å². The highest BCUT2D eigenvalue weighted by Crippen LogP contribution is 2.21. The molecular weight excluding hydrogens is 232 g/mol. The maximum Gasteiger partial charge on any atom is 0.234 e. The van der Waals surface area contributed by atoms with Crippen LogP contribution in [-0.4, -0.2) is 48.0 Å². The molecule has 1 unspecified atom stereocenters. The topological polar surface area (TPSA) is 32.3 Å². The molecule has 0 aromatic rings. The van der Waals surface area contributed by atoms with Gasteiger partial charge in [-0.15, -0.1) is 6.58 Å². The van der Waals surface area contributed by atoms with E-state index in [0.717, 1.165) is 13.1 Å². The summed E-state index contributed by atoms with van der Waals surface area (Å²) in [5, 5.41) is 3.54. The van der Waals surface area contributed by atoms with Gasteiger partial charge in [-0.25, -0.2) is 0 Å². The summed E-state index contributed by atoms with van der Waals surface area (Å²) in [6, 6.07) is 0. The minimum absolute atomic E-state index is 0.118. The van der Waals surface area contributed by atoms with E-state index in [2.05, 4.69) is 23.7 Å². The summed E-state index contributed by atoms with van der Waals surface area (Å²) in [4.78, 5) is 13.9. The highest BCUT2D eigenvalue weighted by atomic mass is 32.2. The van der Waals surface area contributed by atoms with Gasteiger partial charge in [0.2, 0.25) is 5.91 Å². The second-order valence-corrected chi connectivity index (χ2v) is 5.98. The normalized spacial score (nSPS) is 21.8. The van der Waals surface area contributed by atoms with Crippen molar-refractivity contribution in [2.24, 2.45) is 0 Å². The van der Waals surface area contributed by atoms with Crippen LogP contribution in [-0.2, 0) is 4.79 Å². The van der Waals surface area contributed by atoms with Gasteiger partial charge in [-0.1, -0.05) is 19.4 Å². The van der Waals surface area contributed by atoms with Gasteiger partial charge in [0.1, 0.15) is 0 Å². The average Bonchev–Trinajstić information content (AvgIpc) is 2.52. The van der Waals surface area contributed by atoms with E-state index in [1.54, 1.807) is 6.08 Å². The van der Waals surface area contributed by atoms with Crippen molar-refractivity contribution in [3.8, 4) is 0 Å². The molecular formula is C13H24N2OS. The molecule has 1 fully saturated rings. The van der Waals surface area contributed by atoms with Gasteiger partial charge in [0.05, 0.1) is 6.54 Å². The zero-order chi connectivity index (χ0) is 12.5. The van der Waals surface area contributed by atoms with Crippen LogP contribution in [0, 0.1) is 0 Å². The van der Waals surface area contributed by atoms with Crippen molar-refractivity contribution in [3.05, 3.63) is 12.7 Å². The molecule has 3 nitrogen and oxygen atoms in total. The molecule has 1 N–H and O–H groups in total. The lowest BCUT2D eigenvalue weighted by Gasteiger charge is -2.23. The Labute approximate surface area is 109 Å². The largest absolute Gasteiger partial charge is 0.352 e. The molecule has 1 aliphatic heterocycles. The number of carbonyl (C=O) groups is 1. The number of rotatable bonds is 6. The number of nitrogens with one attached hydrogen (secondary N) is 1. The molecule has 4 heteroatoms. The standard InChI is InChI=1S/C13H24N2OS/c1-3-8-14-13(16)11-15-9-6-5-7-12(10-15)17-4-2/h3,12H,1,4-11H2,2H3,(H,14,16). The number of hydrogen-bond donors (Lipinski definition) is 1. The fourth-order valence-corrected chi connectivity index (χ4v) is 3.26. The Bertz CT molecular complexity index is 246. The summed E-state index contributed by atoms with van der Waals surface area (Å²) < 4.78 is 0. The molecule has 0 aliphatic carbocycles. The Balaban J connectivity index is 2.34. The predicted molar refractivity (Wildman–Crippen MR) is 75.4 cm³/mol. The summed E-state index contributed by atoms with van der Waals surface area (Å²) in [5.74, 6) is 1.29. The van der Waals surface area contributed by atoms with Gasteiger partial charge in [0.15, 0.2) is 0 Å². The number of carbonyl (C=O) groups excluding carboxylic acids is 1. The smallest absolute Gasteiger partial charge is 0.234 e. The molecule has 0 aromatic carbocycles. The summed E-state index contributed by atoms with van der Waals surface area (Å²) in [6.45, 7) is 9.02. The number of likely N-dealkylation sites (tertiary alicyclic amines) is 1. The van der Waals surface area contributed by atoms with Gasteiger partial charge in [0, 0.05) is 18.3 Å². The Kier molecular flexibility index (Phi) is 7.37. The Morgan fingerprint density at radius 2 is 2.41 bits per heavy atom. The van der Waals surface area contributed by atoms with E-state index in [9.17, 15) is 4.79 Å². The summed E-state index contributed by atoms with van der Waals surface area (Å²) in [7, 11) is 0. The van der Waals surface area contributed by atoms with Gasteiger partial charge < -0.3 is 5.32 Å². The van der Waals surface area contributed by atoms with Crippen molar-refractivity contribution in [2.75, 3.05) is 31.9 Å².